The third kappa shape index (κ3) is 2.06. The SMILES string of the molecule is O[C@@H]1[C@@H](NCCl)CCCC1(F)F. The molecule has 2 N–H and O–H groups in total. The molecule has 2 atom stereocenters. The molecule has 0 aromatic rings. The molecule has 1 aliphatic rings. The highest BCUT2D eigenvalue weighted by Gasteiger charge is 2.45. The number of rotatable bonds is 2. The van der Waals surface area contributed by atoms with Crippen molar-refractivity contribution >= 4 is 11.6 Å². The molecule has 0 heterocycles. The van der Waals surface area contributed by atoms with E-state index in [0.717, 1.165) is 0 Å². The molecule has 0 saturated heterocycles. The summed E-state index contributed by atoms with van der Waals surface area (Å²) >= 11 is 5.33. The lowest BCUT2D eigenvalue weighted by molar-refractivity contribution is -0.142. The average Bonchev–Trinajstić information content (AvgIpc) is 1.99. The molecule has 1 aliphatic carbocycles. The number of halogens is 3. The third-order valence-electron chi connectivity index (χ3n) is 2.18. The van der Waals surface area contributed by atoms with Gasteiger partial charge in [0.25, 0.3) is 5.92 Å². The van der Waals surface area contributed by atoms with Gasteiger partial charge in [-0.3, -0.25) is 5.32 Å². The maximum atomic E-state index is 12.8. The van der Waals surface area contributed by atoms with Crippen LogP contribution in [-0.4, -0.2) is 29.2 Å². The van der Waals surface area contributed by atoms with Gasteiger partial charge in [-0.05, 0) is 12.8 Å². The minimum Gasteiger partial charge on any atom is -0.385 e. The molecule has 72 valence electrons. The summed E-state index contributed by atoms with van der Waals surface area (Å²) in [5.41, 5.74) is 0. The summed E-state index contributed by atoms with van der Waals surface area (Å²) < 4.78 is 25.7. The van der Waals surface area contributed by atoms with Gasteiger partial charge in [-0.2, -0.15) is 0 Å². The number of aliphatic hydroxyl groups excluding tert-OH is 1. The van der Waals surface area contributed by atoms with Crippen molar-refractivity contribution in [3.05, 3.63) is 0 Å². The zero-order chi connectivity index (χ0) is 9.19. The van der Waals surface area contributed by atoms with E-state index in [9.17, 15) is 8.78 Å². The lowest BCUT2D eigenvalue weighted by atomic mass is 9.89. The van der Waals surface area contributed by atoms with E-state index in [-0.39, 0.29) is 12.4 Å². The predicted molar refractivity (Wildman–Crippen MR) is 42.4 cm³/mol. The summed E-state index contributed by atoms with van der Waals surface area (Å²) in [5, 5.41) is 11.8. The molecule has 0 aromatic heterocycles. The zero-order valence-corrected chi connectivity index (χ0v) is 7.32. The van der Waals surface area contributed by atoms with Gasteiger partial charge in [-0.15, -0.1) is 11.6 Å². The maximum Gasteiger partial charge on any atom is 0.274 e. The first-order chi connectivity index (χ1) is 5.58. The first-order valence-corrected chi connectivity index (χ1v) is 4.46. The highest BCUT2D eigenvalue weighted by Crippen LogP contribution is 2.33. The van der Waals surface area contributed by atoms with Gasteiger partial charge >= 0.3 is 0 Å². The Morgan fingerprint density at radius 1 is 1.58 bits per heavy atom. The molecule has 0 amide bonds. The molecule has 12 heavy (non-hydrogen) atoms. The summed E-state index contributed by atoms with van der Waals surface area (Å²) in [6.07, 6.45) is -0.832. The number of hydrogen-bond acceptors (Lipinski definition) is 2. The van der Waals surface area contributed by atoms with Crippen LogP contribution in [0.5, 0.6) is 0 Å². The van der Waals surface area contributed by atoms with Gasteiger partial charge in [0.15, 0.2) is 0 Å². The smallest absolute Gasteiger partial charge is 0.274 e. The van der Waals surface area contributed by atoms with E-state index in [1.807, 2.05) is 0 Å². The zero-order valence-electron chi connectivity index (χ0n) is 6.56. The Balaban J connectivity index is 2.54. The van der Waals surface area contributed by atoms with Gasteiger partial charge in [-0.25, -0.2) is 8.78 Å². The summed E-state index contributed by atoms with van der Waals surface area (Å²) in [6.45, 7) is 0. The van der Waals surface area contributed by atoms with Gasteiger partial charge in [0.2, 0.25) is 0 Å². The maximum absolute atomic E-state index is 12.8. The van der Waals surface area contributed by atoms with Crippen molar-refractivity contribution in [3.63, 3.8) is 0 Å². The van der Waals surface area contributed by atoms with Crippen molar-refractivity contribution in [2.24, 2.45) is 0 Å². The molecular weight excluding hydrogens is 188 g/mol. The number of aliphatic hydroxyl groups is 1. The minimum absolute atomic E-state index is 0.0950. The molecule has 1 rings (SSSR count). The second-order valence-electron chi connectivity index (χ2n) is 3.04. The van der Waals surface area contributed by atoms with Crippen molar-refractivity contribution < 1.29 is 13.9 Å². The van der Waals surface area contributed by atoms with Crippen LogP contribution in [0.25, 0.3) is 0 Å². The molecule has 1 saturated carbocycles. The standard InChI is InChI=1S/C7H12ClF2NO/c8-4-11-5-2-1-3-7(9,10)6(5)12/h5-6,11-12H,1-4H2/t5-,6+/m0/s1. The molecule has 1 fully saturated rings. The normalized spacial score (nSPS) is 35.0. The highest BCUT2D eigenvalue weighted by atomic mass is 35.5. The van der Waals surface area contributed by atoms with Crippen molar-refractivity contribution in [2.75, 3.05) is 6.00 Å². The second kappa shape index (κ2) is 3.85. The molecule has 0 radical (unpaired) electrons. The lowest BCUT2D eigenvalue weighted by Gasteiger charge is -2.34. The molecule has 5 heteroatoms. The van der Waals surface area contributed by atoms with Gasteiger partial charge < -0.3 is 5.11 Å². The van der Waals surface area contributed by atoms with Crippen LogP contribution in [0.15, 0.2) is 0 Å². The molecule has 0 aromatic carbocycles. The van der Waals surface area contributed by atoms with Crippen LogP contribution in [0.2, 0.25) is 0 Å². The highest BCUT2D eigenvalue weighted by molar-refractivity contribution is 6.17. The molecule has 0 aliphatic heterocycles. The summed E-state index contributed by atoms with van der Waals surface area (Å²) in [5.74, 6) is -2.96. The van der Waals surface area contributed by atoms with Crippen LogP contribution in [0.1, 0.15) is 19.3 Å². The number of hydrogen-bond donors (Lipinski definition) is 2. The monoisotopic (exact) mass is 199 g/mol. The Bertz CT molecular complexity index is 154. The van der Waals surface area contributed by atoms with Gasteiger partial charge in [-0.1, -0.05) is 0 Å². The van der Waals surface area contributed by atoms with Crippen molar-refractivity contribution in [1.29, 1.82) is 0 Å². The summed E-state index contributed by atoms with van der Waals surface area (Å²) in [6, 6.07) is -0.469. The first kappa shape index (κ1) is 10.2. The van der Waals surface area contributed by atoms with Crippen LogP contribution in [0.3, 0.4) is 0 Å². The Hall–Kier alpha value is 0.0700. The van der Waals surface area contributed by atoms with E-state index < -0.39 is 18.1 Å². The Morgan fingerprint density at radius 2 is 2.25 bits per heavy atom. The van der Waals surface area contributed by atoms with Crippen LogP contribution in [-0.2, 0) is 0 Å². The lowest BCUT2D eigenvalue weighted by Crippen LogP contribution is -2.52. The van der Waals surface area contributed by atoms with Crippen LogP contribution >= 0.6 is 11.6 Å². The molecular formula is C7H12ClF2NO. The van der Waals surface area contributed by atoms with E-state index in [0.29, 0.717) is 12.8 Å². The fourth-order valence-electron chi connectivity index (χ4n) is 1.47. The van der Waals surface area contributed by atoms with Crippen molar-refractivity contribution in [3.8, 4) is 0 Å². The van der Waals surface area contributed by atoms with Crippen LogP contribution in [0, 0.1) is 0 Å². The largest absolute Gasteiger partial charge is 0.385 e. The van der Waals surface area contributed by atoms with E-state index in [4.69, 9.17) is 16.7 Å². The van der Waals surface area contributed by atoms with Crippen LogP contribution in [0.4, 0.5) is 8.78 Å². The van der Waals surface area contributed by atoms with Gasteiger partial charge in [0, 0.05) is 12.5 Å². The minimum atomic E-state index is -2.96. The third-order valence-corrected chi connectivity index (χ3v) is 2.33. The Labute approximate surface area is 74.9 Å². The second-order valence-corrected chi connectivity index (χ2v) is 3.31. The summed E-state index contributed by atoms with van der Waals surface area (Å²) in [4.78, 5) is 0. The Morgan fingerprint density at radius 3 is 2.83 bits per heavy atom. The molecule has 0 spiro atoms. The van der Waals surface area contributed by atoms with Gasteiger partial charge in [0.05, 0.1) is 6.00 Å². The summed E-state index contributed by atoms with van der Waals surface area (Å²) in [7, 11) is 0. The average molecular weight is 200 g/mol. The molecule has 2 nitrogen and oxygen atoms in total. The van der Waals surface area contributed by atoms with Crippen LogP contribution < -0.4 is 5.32 Å². The first-order valence-electron chi connectivity index (χ1n) is 3.93. The van der Waals surface area contributed by atoms with Crippen molar-refractivity contribution in [2.45, 2.75) is 37.3 Å². The van der Waals surface area contributed by atoms with E-state index in [1.54, 1.807) is 0 Å². The molecule has 0 bridgehead atoms. The Kier molecular flexibility index (Phi) is 3.26. The topological polar surface area (TPSA) is 32.3 Å². The number of alkyl halides is 3. The molecule has 0 unspecified atom stereocenters. The quantitative estimate of drug-likeness (QED) is 0.520. The van der Waals surface area contributed by atoms with E-state index in [2.05, 4.69) is 5.32 Å². The van der Waals surface area contributed by atoms with E-state index in [1.165, 1.54) is 0 Å². The number of nitrogens with one attached hydrogen (secondary N) is 1. The predicted octanol–water partition coefficient (Wildman–Crippen LogP) is 1.32. The van der Waals surface area contributed by atoms with Gasteiger partial charge in [0.1, 0.15) is 6.10 Å². The fraction of sp³-hybridized carbons (Fsp3) is 1.00. The van der Waals surface area contributed by atoms with Crippen molar-refractivity contribution in [1.82, 2.24) is 5.32 Å². The van der Waals surface area contributed by atoms with E-state index >= 15 is 0 Å². The fourth-order valence-corrected chi connectivity index (χ4v) is 1.67.